The van der Waals surface area contributed by atoms with Gasteiger partial charge in [-0.2, -0.15) is 0 Å². The van der Waals surface area contributed by atoms with E-state index in [4.69, 9.17) is 13.8 Å². The Labute approximate surface area is 546 Å². The largest absolute Gasteiger partial charge is 0.756 e. The van der Waals surface area contributed by atoms with Crippen molar-refractivity contribution in [1.29, 1.82) is 0 Å². The van der Waals surface area contributed by atoms with Crippen molar-refractivity contribution in [1.82, 2.24) is 5.32 Å². The van der Waals surface area contributed by atoms with E-state index in [0.717, 1.165) is 103 Å². The molecule has 0 saturated heterocycles. The van der Waals surface area contributed by atoms with Gasteiger partial charge >= 0.3 is 5.97 Å². The topological polar surface area (TPSA) is 114 Å². The number of phosphoric acid groups is 1. The number of allylic oxidation sites excluding steroid dienone is 13. The first kappa shape index (κ1) is 85.2. The van der Waals surface area contributed by atoms with Gasteiger partial charge in [0.2, 0.25) is 5.91 Å². The molecule has 9 nitrogen and oxygen atoms in total. The second-order valence-corrected chi connectivity index (χ2v) is 27.8. The van der Waals surface area contributed by atoms with Gasteiger partial charge in [0.15, 0.2) is 0 Å². The van der Waals surface area contributed by atoms with Gasteiger partial charge in [-0.25, -0.2) is 0 Å². The normalized spacial score (nSPS) is 13.9. The van der Waals surface area contributed by atoms with Crippen molar-refractivity contribution < 1.29 is 37.3 Å². The number of ether oxygens (including phenoxy) is 1. The third kappa shape index (κ3) is 67.6. The summed E-state index contributed by atoms with van der Waals surface area (Å²) in [6, 6.07) is -0.895. The molecule has 88 heavy (non-hydrogen) atoms. The number of hydrogen-bond acceptors (Lipinski definition) is 7. The summed E-state index contributed by atoms with van der Waals surface area (Å²) >= 11 is 0. The molecular formula is C78H143N2O7P. The maximum Gasteiger partial charge on any atom is 0.306 e. The zero-order valence-electron chi connectivity index (χ0n) is 58.7. The average Bonchev–Trinajstić information content (AvgIpc) is 3.52. The maximum absolute atomic E-state index is 13.6. The van der Waals surface area contributed by atoms with Gasteiger partial charge in [0.1, 0.15) is 19.3 Å². The molecule has 0 saturated carbocycles. The van der Waals surface area contributed by atoms with E-state index < -0.39 is 26.6 Å². The zero-order valence-corrected chi connectivity index (χ0v) is 59.6. The minimum atomic E-state index is -4.71. The summed E-state index contributed by atoms with van der Waals surface area (Å²) in [5, 5.41) is 3.05. The molecule has 1 N–H and O–H groups in total. The van der Waals surface area contributed by atoms with Crippen LogP contribution < -0.4 is 10.2 Å². The Bertz CT molecular complexity index is 1780. The molecule has 512 valence electrons. The Hall–Kier alpha value is -2.81. The lowest BCUT2D eigenvalue weighted by atomic mass is 10.0. The van der Waals surface area contributed by atoms with Gasteiger partial charge in [0.05, 0.1) is 33.8 Å². The molecule has 3 atom stereocenters. The van der Waals surface area contributed by atoms with Crippen LogP contribution in [0.1, 0.15) is 348 Å². The SMILES string of the molecule is CC/C=C\C/C=C\C/C=C\C/C=C\C/C=C\CCCCCCCCCCCC(=O)OC(/C=C/CCCCCCCCCCCC)C(COP(=O)([O-])OCC[N+](C)(C)C)NC(=O)CCCCCCCCCCCCCCCCC/C=C/CCCCCCCC. The van der Waals surface area contributed by atoms with E-state index in [9.17, 15) is 19.0 Å². The highest BCUT2D eigenvalue weighted by molar-refractivity contribution is 7.45. The van der Waals surface area contributed by atoms with Crippen LogP contribution in [0.25, 0.3) is 0 Å². The number of nitrogens with one attached hydrogen (secondary N) is 1. The molecule has 0 heterocycles. The first-order valence-corrected chi connectivity index (χ1v) is 38.9. The molecule has 0 radical (unpaired) electrons. The fourth-order valence-electron chi connectivity index (χ4n) is 10.8. The van der Waals surface area contributed by atoms with E-state index in [0.29, 0.717) is 17.4 Å². The number of hydrogen-bond donors (Lipinski definition) is 1. The summed E-state index contributed by atoms with van der Waals surface area (Å²) in [4.78, 5) is 40.3. The van der Waals surface area contributed by atoms with Crippen molar-refractivity contribution in [3.8, 4) is 0 Å². The predicted molar refractivity (Wildman–Crippen MR) is 381 cm³/mol. The van der Waals surface area contributed by atoms with Crippen LogP contribution >= 0.6 is 7.82 Å². The third-order valence-electron chi connectivity index (χ3n) is 16.6. The maximum atomic E-state index is 13.6. The molecule has 0 aliphatic carbocycles. The number of quaternary nitrogens is 1. The van der Waals surface area contributed by atoms with Gasteiger partial charge in [0.25, 0.3) is 7.82 Å². The summed E-state index contributed by atoms with van der Waals surface area (Å²) in [6.07, 6.45) is 90.0. The molecule has 3 unspecified atom stereocenters. The summed E-state index contributed by atoms with van der Waals surface area (Å²) in [5.74, 6) is -0.538. The van der Waals surface area contributed by atoms with Gasteiger partial charge in [-0.3, -0.25) is 14.2 Å². The van der Waals surface area contributed by atoms with Crippen LogP contribution in [-0.4, -0.2) is 69.4 Å². The van der Waals surface area contributed by atoms with E-state index in [1.165, 1.54) is 212 Å². The van der Waals surface area contributed by atoms with Crippen LogP contribution in [0, 0.1) is 0 Å². The molecule has 1 amide bonds. The highest BCUT2D eigenvalue weighted by Gasteiger charge is 2.27. The van der Waals surface area contributed by atoms with Crippen molar-refractivity contribution in [2.45, 2.75) is 360 Å². The van der Waals surface area contributed by atoms with Gasteiger partial charge < -0.3 is 28.5 Å². The summed E-state index contributed by atoms with van der Waals surface area (Å²) in [5.41, 5.74) is 0. The smallest absolute Gasteiger partial charge is 0.306 e. The van der Waals surface area contributed by atoms with Crippen LogP contribution in [0.4, 0.5) is 0 Å². The number of likely N-dealkylation sites (N-methyl/N-ethyl adjacent to an activating group) is 1. The number of amides is 1. The van der Waals surface area contributed by atoms with Crippen LogP contribution in [-0.2, 0) is 27.9 Å². The molecule has 0 aromatic carbocycles. The van der Waals surface area contributed by atoms with E-state index >= 15 is 0 Å². The van der Waals surface area contributed by atoms with Crippen LogP contribution in [0.5, 0.6) is 0 Å². The molecule has 10 heteroatoms. The lowest BCUT2D eigenvalue weighted by Crippen LogP contribution is -2.47. The van der Waals surface area contributed by atoms with Crippen molar-refractivity contribution in [2.75, 3.05) is 40.9 Å². The summed E-state index contributed by atoms with van der Waals surface area (Å²) < 4.78 is 30.5. The number of nitrogens with zero attached hydrogens (tertiary/aromatic N) is 1. The lowest BCUT2D eigenvalue weighted by molar-refractivity contribution is -0.870. The lowest BCUT2D eigenvalue weighted by Gasteiger charge is -2.30. The number of carbonyl (C=O) groups excluding carboxylic acids is 2. The minimum Gasteiger partial charge on any atom is -0.756 e. The molecule has 0 rings (SSSR count). The van der Waals surface area contributed by atoms with Crippen molar-refractivity contribution >= 4 is 19.7 Å². The van der Waals surface area contributed by atoms with Crippen LogP contribution in [0.2, 0.25) is 0 Å². The van der Waals surface area contributed by atoms with E-state index in [2.05, 4.69) is 99.0 Å². The fourth-order valence-corrected chi connectivity index (χ4v) is 11.6. The van der Waals surface area contributed by atoms with Gasteiger partial charge in [-0.05, 0) is 102 Å². The molecule has 0 aliphatic rings. The molecule has 0 aromatic rings. The van der Waals surface area contributed by atoms with E-state index in [-0.39, 0.29) is 24.9 Å². The number of rotatable bonds is 68. The molecule has 0 aromatic heterocycles. The number of esters is 1. The quantitative estimate of drug-likeness (QED) is 0.0212. The zero-order chi connectivity index (χ0) is 64.2. The van der Waals surface area contributed by atoms with Crippen LogP contribution in [0.15, 0.2) is 85.1 Å². The number of phosphoric ester groups is 1. The highest BCUT2D eigenvalue weighted by atomic mass is 31.2. The second kappa shape index (κ2) is 67.1. The van der Waals surface area contributed by atoms with Crippen molar-refractivity contribution in [3.63, 3.8) is 0 Å². The first-order chi connectivity index (χ1) is 42.9. The number of carbonyl (C=O) groups is 2. The molecule has 0 spiro atoms. The monoisotopic (exact) mass is 1250 g/mol. The van der Waals surface area contributed by atoms with Gasteiger partial charge in [0, 0.05) is 12.8 Å². The molecule has 0 aliphatic heterocycles. The Morgan fingerprint density at radius 3 is 1.10 bits per heavy atom. The van der Waals surface area contributed by atoms with Crippen LogP contribution in [0.3, 0.4) is 0 Å². The fraction of sp³-hybridized carbons (Fsp3) is 0.795. The standard InChI is InChI=1S/C78H143N2O7P/c1-7-10-13-16-19-22-25-28-30-32-34-36-38-40-42-44-46-48-50-52-55-58-61-64-67-70-77(81)79-75(74-86-88(83,84)85-73-72-80(4,5)6)76(69-66-63-60-57-54-27-24-21-18-15-12-9-3)87-78(82)71-68-65-62-59-56-53-51-49-47-45-43-41-39-37-35-33-31-29-26-23-20-17-14-11-8-2/h11,14,20,23,28-31,35,37,41,43,66,69,75-76H,7-10,12-13,15-19,21-22,24-27,32-34,36,38-40,42,44-65,67-68,70-74H2,1-6H3,(H-,79,81,83,84)/b14-11-,23-20-,30-28+,31-29-,37-35-,43-41-,69-66+. The van der Waals surface area contributed by atoms with Gasteiger partial charge in [-0.15, -0.1) is 0 Å². The Morgan fingerprint density at radius 2 is 0.727 bits per heavy atom. The highest BCUT2D eigenvalue weighted by Crippen LogP contribution is 2.38. The Balaban J connectivity index is 5.01. The van der Waals surface area contributed by atoms with Gasteiger partial charge in [-0.1, -0.05) is 318 Å². The summed E-state index contributed by atoms with van der Waals surface area (Å²) in [6.45, 7) is 6.76. The van der Waals surface area contributed by atoms with E-state index in [1.807, 2.05) is 33.3 Å². The Kier molecular flexibility index (Phi) is 64.9. The second-order valence-electron chi connectivity index (χ2n) is 26.4. The average molecular weight is 1250 g/mol. The molecular weight excluding hydrogens is 1110 g/mol. The third-order valence-corrected chi connectivity index (χ3v) is 17.5. The van der Waals surface area contributed by atoms with E-state index in [1.54, 1.807) is 0 Å². The van der Waals surface area contributed by atoms with Crippen molar-refractivity contribution in [3.05, 3.63) is 85.1 Å². The Morgan fingerprint density at radius 1 is 0.409 bits per heavy atom. The summed E-state index contributed by atoms with van der Waals surface area (Å²) in [7, 11) is 1.19. The predicted octanol–water partition coefficient (Wildman–Crippen LogP) is 23.4. The number of unbranched alkanes of at least 4 members (excludes halogenated alkanes) is 40. The molecule has 0 bridgehead atoms. The first-order valence-electron chi connectivity index (χ1n) is 37.4. The van der Waals surface area contributed by atoms with Crippen molar-refractivity contribution in [2.24, 2.45) is 0 Å². The molecule has 0 fully saturated rings. The minimum absolute atomic E-state index is 0.0247.